The van der Waals surface area contributed by atoms with Crippen LogP contribution in [0, 0.1) is 11.2 Å². The van der Waals surface area contributed by atoms with Gasteiger partial charge in [-0.25, -0.2) is 9.18 Å². The van der Waals surface area contributed by atoms with Crippen LogP contribution in [0.25, 0.3) is 0 Å². The Morgan fingerprint density at radius 3 is 2.41 bits per heavy atom. The highest BCUT2D eigenvalue weighted by Crippen LogP contribution is 2.53. The molecule has 1 saturated heterocycles. The average molecular weight is 425 g/mol. The van der Waals surface area contributed by atoms with Gasteiger partial charge < -0.3 is 14.2 Å². The van der Waals surface area contributed by atoms with E-state index in [1.54, 1.807) is 11.0 Å². The van der Waals surface area contributed by atoms with Crippen LogP contribution < -0.4 is 4.72 Å². The highest BCUT2D eigenvalue weighted by Gasteiger charge is 2.51. The molecule has 1 aliphatic carbocycles. The Morgan fingerprint density at radius 1 is 1.24 bits per heavy atom. The SMILES string of the molecule is CC(C)(C)OC(=O)N1CCC2(CC1)Cc1c(F)cccc1C2N[S+]([O-])C(C)(C)C. The topological polar surface area (TPSA) is 64.6 Å². The first-order valence-electron chi connectivity index (χ1n) is 10.3. The van der Waals surface area contributed by atoms with Gasteiger partial charge in [0.25, 0.3) is 0 Å². The molecule has 29 heavy (non-hydrogen) atoms. The molecular formula is C22H33FN2O3S. The van der Waals surface area contributed by atoms with Gasteiger partial charge in [0.2, 0.25) is 0 Å². The van der Waals surface area contributed by atoms with Gasteiger partial charge in [-0.2, -0.15) is 0 Å². The number of rotatable bonds is 2. The summed E-state index contributed by atoms with van der Waals surface area (Å²) in [7, 11) is 0. The molecule has 7 heteroatoms. The predicted octanol–water partition coefficient (Wildman–Crippen LogP) is 4.49. The fourth-order valence-electron chi connectivity index (χ4n) is 4.22. The average Bonchev–Trinajstić information content (AvgIpc) is 2.88. The van der Waals surface area contributed by atoms with Crippen LogP contribution in [0.5, 0.6) is 0 Å². The zero-order valence-corrected chi connectivity index (χ0v) is 19.1. The lowest BCUT2D eigenvalue weighted by Gasteiger charge is -2.43. The number of amides is 1. The number of likely N-dealkylation sites (tertiary alicyclic amines) is 1. The summed E-state index contributed by atoms with van der Waals surface area (Å²) in [5.74, 6) is -0.206. The van der Waals surface area contributed by atoms with Crippen LogP contribution in [0.2, 0.25) is 0 Å². The first-order valence-corrected chi connectivity index (χ1v) is 11.4. The quantitative estimate of drug-likeness (QED) is 0.711. The number of benzene rings is 1. The van der Waals surface area contributed by atoms with Crippen LogP contribution in [0.3, 0.4) is 0 Å². The molecule has 3 rings (SSSR count). The minimum atomic E-state index is -1.28. The monoisotopic (exact) mass is 424 g/mol. The second kappa shape index (κ2) is 7.75. The third kappa shape index (κ3) is 4.72. The van der Waals surface area contributed by atoms with Crippen molar-refractivity contribution in [1.29, 1.82) is 0 Å². The van der Waals surface area contributed by atoms with Crippen molar-refractivity contribution in [2.24, 2.45) is 5.41 Å². The molecule has 1 N–H and O–H groups in total. The molecule has 0 radical (unpaired) electrons. The normalized spacial score (nSPS) is 22.5. The van der Waals surface area contributed by atoms with Crippen LogP contribution in [0.1, 0.15) is 71.6 Å². The van der Waals surface area contributed by atoms with E-state index in [1.165, 1.54) is 6.07 Å². The number of nitrogens with one attached hydrogen (secondary N) is 1. The van der Waals surface area contributed by atoms with Crippen LogP contribution >= 0.6 is 0 Å². The maximum Gasteiger partial charge on any atom is 0.410 e. The summed E-state index contributed by atoms with van der Waals surface area (Å²) >= 11 is -1.28. The molecule has 2 aliphatic rings. The van der Waals surface area contributed by atoms with E-state index < -0.39 is 21.7 Å². The van der Waals surface area contributed by atoms with Gasteiger partial charge >= 0.3 is 6.09 Å². The Bertz CT molecular complexity index is 764. The number of nitrogens with zero attached hydrogens (tertiary/aromatic N) is 1. The van der Waals surface area contributed by atoms with Gasteiger partial charge in [-0.1, -0.05) is 12.1 Å². The van der Waals surface area contributed by atoms with Crippen molar-refractivity contribution in [3.63, 3.8) is 0 Å². The van der Waals surface area contributed by atoms with E-state index in [1.807, 2.05) is 47.6 Å². The third-order valence-electron chi connectivity index (χ3n) is 5.80. The van der Waals surface area contributed by atoms with E-state index >= 15 is 0 Å². The maximum absolute atomic E-state index is 14.6. The fourth-order valence-corrected chi connectivity index (χ4v) is 5.16. The molecule has 1 spiro atoms. The summed E-state index contributed by atoms with van der Waals surface area (Å²) in [4.78, 5) is 14.2. The molecule has 1 aromatic rings. The van der Waals surface area contributed by atoms with E-state index in [0.29, 0.717) is 37.9 Å². The number of piperidine rings is 1. The van der Waals surface area contributed by atoms with Gasteiger partial charge in [-0.05, 0) is 78.0 Å². The van der Waals surface area contributed by atoms with Crippen molar-refractivity contribution in [3.05, 3.63) is 35.1 Å². The summed E-state index contributed by atoms with van der Waals surface area (Å²) in [6.45, 7) is 12.4. The van der Waals surface area contributed by atoms with Gasteiger partial charge in [-0.15, -0.1) is 4.72 Å². The first-order chi connectivity index (χ1) is 13.3. The number of carbonyl (C=O) groups excluding carboxylic acids is 1. The Hall–Kier alpha value is -1.31. The second-order valence-corrected chi connectivity index (χ2v) is 12.2. The van der Waals surface area contributed by atoms with Crippen molar-refractivity contribution in [1.82, 2.24) is 9.62 Å². The van der Waals surface area contributed by atoms with E-state index in [-0.39, 0.29) is 23.4 Å². The Balaban J connectivity index is 1.82. The molecule has 1 fully saturated rings. The van der Waals surface area contributed by atoms with Crippen LogP contribution in [-0.4, -0.2) is 39.0 Å². The van der Waals surface area contributed by atoms with Crippen LogP contribution in [-0.2, 0) is 22.5 Å². The van der Waals surface area contributed by atoms with Gasteiger partial charge in [0.15, 0.2) is 0 Å². The highest BCUT2D eigenvalue weighted by atomic mass is 32.2. The number of fused-ring (bicyclic) bond motifs is 1. The summed E-state index contributed by atoms with van der Waals surface area (Å²) in [5.41, 5.74) is 0.811. The lowest BCUT2D eigenvalue weighted by molar-refractivity contribution is 0.00711. The van der Waals surface area contributed by atoms with Crippen molar-refractivity contribution in [2.75, 3.05) is 13.1 Å². The minimum absolute atomic E-state index is 0.200. The van der Waals surface area contributed by atoms with E-state index in [2.05, 4.69) is 4.72 Å². The molecule has 1 aromatic carbocycles. The van der Waals surface area contributed by atoms with Gasteiger partial charge in [0, 0.05) is 29.9 Å². The summed E-state index contributed by atoms with van der Waals surface area (Å²) in [5, 5.41) is 0. The summed E-state index contributed by atoms with van der Waals surface area (Å²) in [6, 6.07) is 4.95. The number of hydrogen-bond donors (Lipinski definition) is 1. The van der Waals surface area contributed by atoms with E-state index in [4.69, 9.17) is 4.74 Å². The van der Waals surface area contributed by atoms with Crippen molar-refractivity contribution in [3.8, 4) is 0 Å². The number of hydrogen-bond acceptors (Lipinski definition) is 4. The first kappa shape index (κ1) is 22.4. The van der Waals surface area contributed by atoms with Gasteiger partial charge in [0.05, 0.1) is 6.04 Å². The number of halogens is 1. The lowest BCUT2D eigenvalue weighted by atomic mass is 9.73. The van der Waals surface area contributed by atoms with Crippen molar-refractivity contribution < 1.29 is 18.5 Å². The van der Waals surface area contributed by atoms with E-state index in [0.717, 1.165) is 5.56 Å². The molecule has 162 valence electrons. The standard InChI is InChI=1S/C22H33FN2O3S/c1-20(2,3)28-19(26)25-12-10-22(11-13-25)14-16-15(8-7-9-17(16)23)18(22)24-29(27)21(4,5)6/h7-9,18,24H,10-14H2,1-6H3. The Kier molecular flexibility index (Phi) is 5.98. The smallest absolute Gasteiger partial charge is 0.410 e. The van der Waals surface area contributed by atoms with Crippen molar-refractivity contribution >= 4 is 17.5 Å². The molecule has 1 aliphatic heterocycles. The zero-order valence-electron chi connectivity index (χ0n) is 18.3. The highest BCUT2D eigenvalue weighted by molar-refractivity contribution is 7.90. The second-order valence-electron chi connectivity index (χ2n) is 10.2. The molecule has 2 atom stereocenters. The molecule has 1 amide bonds. The van der Waals surface area contributed by atoms with Crippen molar-refractivity contribution in [2.45, 2.75) is 77.2 Å². The lowest BCUT2D eigenvalue weighted by Crippen LogP contribution is -2.51. The summed E-state index contributed by atoms with van der Waals surface area (Å²) < 4.78 is 35.9. The van der Waals surface area contributed by atoms with Gasteiger partial charge in [0.1, 0.15) is 16.2 Å². The minimum Gasteiger partial charge on any atom is -0.598 e. The Morgan fingerprint density at radius 2 is 1.86 bits per heavy atom. The number of ether oxygens (including phenoxy) is 1. The summed E-state index contributed by atoms with van der Waals surface area (Å²) in [6.07, 6.45) is 1.70. The number of carbonyl (C=O) groups is 1. The molecule has 2 unspecified atom stereocenters. The van der Waals surface area contributed by atoms with Crippen LogP contribution in [0.15, 0.2) is 18.2 Å². The maximum atomic E-state index is 14.6. The molecular weight excluding hydrogens is 391 g/mol. The fraction of sp³-hybridized carbons (Fsp3) is 0.682. The molecule has 0 saturated carbocycles. The molecule has 1 heterocycles. The zero-order chi connectivity index (χ0) is 21.6. The van der Waals surface area contributed by atoms with Crippen LogP contribution in [0.4, 0.5) is 9.18 Å². The molecule has 5 nitrogen and oxygen atoms in total. The molecule has 0 aromatic heterocycles. The largest absolute Gasteiger partial charge is 0.598 e. The van der Waals surface area contributed by atoms with E-state index in [9.17, 15) is 13.7 Å². The Labute approximate surface area is 176 Å². The van der Waals surface area contributed by atoms with Gasteiger partial charge in [-0.3, -0.25) is 0 Å². The third-order valence-corrected chi connectivity index (χ3v) is 7.36. The molecule has 0 bridgehead atoms. The predicted molar refractivity (Wildman–Crippen MR) is 113 cm³/mol.